The standard InChI is InChI=1S/C27H33N7O2/c28-20-6-8-21(9-7-20)32-27(36)24-11-17-4-5-18(25(29)30)12-23(17)34(24)15-16-2-1-3-22(10-16)33-26(35)19-13-31-14-19/h1-5,10-12,19-21,31H,6-9,13-15,28H2,(H3,29,30)(H,32,36)(H,33,35). The second-order valence-corrected chi connectivity index (χ2v) is 9.93. The van der Waals surface area contributed by atoms with E-state index in [4.69, 9.17) is 16.9 Å². The third-order valence-corrected chi connectivity index (χ3v) is 7.24. The van der Waals surface area contributed by atoms with Crippen LogP contribution in [0.2, 0.25) is 0 Å². The summed E-state index contributed by atoms with van der Waals surface area (Å²) in [5.41, 5.74) is 15.4. The highest BCUT2D eigenvalue weighted by Crippen LogP contribution is 2.25. The lowest BCUT2D eigenvalue weighted by Crippen LogP contribution is -2.48. The molecule has 9 heteroatoms. The first kappa shape index (κ1) is 24.0. The fraction of sp³-hybridized carbons (Fsp3) is 0.370. The minimum Gasteiger partial charge on any atom is -0.384 e. The van der Waals surface area contributed by atoms with Crippen molar-refractivity contribution < 1.29 is 9.59 Å². The van der Waals surface area contributed by atoms with Crippen LogP contribution in [-0.4, -0.2) is 47.4 Å². The Hall–Kier alpha value is -3.69. The molecule has 2 aromatic carbocycles. The van der Waals surface area contributed by atoms with Gasteiger partial charge in [0.2, 0.25) is 5.91 Å². The lowest BCUT2D eigenvalue weighted by molar-refractivity contribution is -0.121. The van der Waals surface area contributed by atoms with E-state index < -0.39 is 0 Å². The van der Waals surface area contributed by atoms with Crippen LogP contribution in [-0.2, 0) is 11.3 Å². The van der Waals surface area contributed by atoms with Gasteiger partial charge in [-0.1, -0.05) is 24.3 Å². The molecular weight excluding hydrogens is 454 g/mol. The summed E-state index contributed by atoms with van der Waals surface area (Å²) < 4.78 is 1.96. The van der Waals surface area contributed by atoms with E-state index in [2.05, 4.69) is 16.0 Å². The van der Waals surface area contributed by atoms with Gasteiger partial charge >= 0.3 is 0 Å². The number of fused-ring (bicyclic) bond motifs is 1. The van der Waals surface area contributed by atoms with E-state index in [1.165, 1.54) is 0 Å². The maximum Gasteiger partial charge on any atom is 0.268 e. The maximum atomic E-state index is 13.4. The van der Waals surface area contributed by atoms with Crippen LogP contribution in [0.1, 0.15) is 47.3 Å². The summed E-state index contributed by atoms with van der Waals surface area (Å²) in [5.74, 6) is -0.144. The van der Waals surface area contributed by atoms with Crippen LogP contribution in [0.25, 0.3) is 10.9 Å². The summed E-state index contributed by atoms with van der Waals surface area (Å²) in [5, 5.41) is 18.1. The number of nitrogens with zero attached hydrogens (tertiary/aromatic N) is 1. The molecule has 0 radical (unpaired) electrons. The Morgan fingerprint density at radius 3 is 2.53 bits per heavy atom. The molecule has 1 saturated heterocycles. The van der Waals surface area contributed by atoms with E-state index in [1.807, 2.05) is 47.0 Å². The average molecular weight is 488 g/mol. The third-order valence-electron chi connectivity index (χ3n) is 7.24. The number of amidine groups is 1. The van der Waals surface area contributed by atoms with Crippen molar-refractivity contribution in [3.05, 3.63) is 65.4 Å². The Morgan fingerprint density at radius 2 is 1.83 bits per heavy atom. The predicted octanol–water partition coefficient (Wildman–Crippen LogP) is 2.13. The molecule has 9 nitrogen and oxygen atoms in total. The molecule has 0 bridgehead atoms. The second-order valence-electron chi connectivity index (χ2n) is 9.93. The Bertz CT molecular complexity index is 1300. The smallest absolute Gasteiger partial charge is 0.268 e. The molecule has 1 aromatic heterocycles. The van der Waals surface area contributed by atoms with Crippen molar-refractivity contribution in [2.24, 2.45) is 17.4 Å². The van der Waals surface area contributed by atoms with Gasteiger partial charge in [0, 0.05) is 53.9 Å². The van der Waals surface area contributed by atoms with Crippen LogP contribution in [0.4, 0.5) is 5.69 Å². The number of benzene rings is 2. The third kappa shape index (κ3) is 5.12. The number of hydrogen-bond acceptors (Lipinski definition) is 5. The van der Waals surface area contributed by atoms with E-state index in [9.17, 15) is 9.59 Å². The Balaban J connectivity index is 1.44. The van der Waals surface area contributed by atoms with Gasteiger partial charge in [-0.15, -0.1) is 0 Å². The molecule has 1 aliphatic heterocycles. The summed E-state index contributed by atoms with van der Waals surface area (Å²) in [7, 11) is 0. The second kappa shape index (κ2) is 10.1. The van der Waals surface area contributed by atoms with Crippen molar-refractivity contribution in [1.29, 1.82) is 5.41 Å². The van der Waals surface area contributed by atoms with Crippen LogP contribution >= 0.6 is 0 Å². The molecule has 36 heavy (non-hydrogen) atoms. The van der Waals surface area contributed by atoms with Gasteiger partial charge < -0.3 is 32.0 Å². The van der Waals surface area contributed by atoms with Gasteiger partial charge in [0.15, 0.2) is 0 Å². The summed E-state index contributed by atoms with van der Waals surface area (Å²) in [4.78, 5) is 25.8. The normalized spacial score (nSPS) is 20.0. The first-order chi connectivity index (χ1) is 17.4. The van der Waals surface area contributed by atoms with Crippen molar-refractivity contribution in [2.75, 3.05) is 18.4 Å². The van der Waals surface area contributed by atoms with E-state index in [0.717, 1.165) is 47.8 Å². The van der Waals surface area contributed by atoms with Gasteiger partial charge in [-0.3, -0.25) is 15.0 Å². The Kier molecular flexibility index (Phi) is 6.75. The van der Waals surface area contributed by atoms with Crippen LogP contribution in [0, 0.1) is 11.3 Å². The number of nitrogens with one attached hydrogen (secondary N) is 4. The maximum absolute atomic E-state index is 13.4. The van der Waals surface area contributed by atoms with Crippen molar-refractivity contribution >= 4 is 34.2 Å². The first-order valence-electron chi connectivity index (χ1n) is 12.5. The van der Waals surface area contributed by atoms with Gasteiger partial charge in [-0.2, -0.15) is 0 Å². The highest BCUT2D eigenvalue weighted by molar-refractivity contribution is 6.02. The number of nitrogen functional groups attached to an aromatic ring is 1. The Labute approximate surface area is 210 Å². The number of amides is 2. The quantitative estimate of drug-likeness (QED) is 0.223. The van der Waals surface area contributed by atoms with Crippen molar-refractivity contribution in [3.8, 4) is 0 Å². The zero-order chi connectivity index (χ0) is 25.2. The lowest BCUT2D eigenvalue weighted by Gasteiger charge is -2.27. The minimum atomic E-state index is -0.127. The summed E-state index contributed by atoms with van der Waals surface area (Å²) in [6.45, 7) is 1.83. The number of hydrogen-bond donors (Lipinski definition) is 6. The zero-order valence-corrected chi connectivity index (χ0v) is 20.2. The fourth-order valence-electron chi connectivity index (χ4n) is 4.95. The SMILES string of the molecule is N=C(N)c1ccc2cc(C(=O)NC3CCC(N)CC3)n(Cc3cccc(NC(=O)C4CNC4)c3)c2c1. The fourth-order valence-corrected chi connectivity index (χ4v) is 4.95. The molecule has 8 N–H and O–H groups in total. The molecule has 188 valence electrons. The molecule has 1 saturated carbocycles. The molecule has 2 heterocycles. The molecule has 3 aromatic rings. The van der Waals surface area contributed by atoms with Crippen molar-refractivity contribution in [1.82, 2.24) is 15.2 Å². The Morgan fingerprint density at radius 1 is 1.06 bits per heavy atom. The molecule has 2 fully saturated rings. The minimum absolute atomic E-state index is 0.00307. The van der Waals surface area contributed by atoms with Gasteiger partial charge in [0.25, 0.3) is 5.91 Å². The lowest BCUT2D eigenvalue weighted by atomic mass is 9.92. The summed E-state index contributed by atoms with van der Waals surface area (Å²) in [6.07, 6.45) is 3.57. The zero-order valence-electron chi connectivity index (χ0n) is 20.2. The molecule has 0 unspecified atom stereocenters. The molecule has 0 spiro atoms. The van der Waals surface area contributed by atoms with E-state index in [0.29, 0.717) is 30.9 Å². The summed E-state index contributed by atoms with van der Waals surface area (Å²) in [6, 6.07) is 15.4. The van der Waals surface area contributed by atoms with Crippen LogP contribution in [0.3, 0.4) is 0 Å². The monoisotopic (exact) mass is 487 g/mol. The number of carbonyl (C=O) groups excluding carboxylic acids is 2. The number of rotatable bonds is 7. The van der Waals surface area contributed by atoms with Crippen LogP contribution < -0.4 is 27.4 Å². The topological polar surface area (TPSA) is 151 Å². The highest BCUT2D eigenvalue weighted by Gasteiger charge is 2.25. The van der Waals surface area contributed by atoms with E-state index in [-0.39, 0.29) is 35.7 Å². The molecule has 1 aliphatic carbocycles. The number of aromatic nitrogens is 1. The van der Waals surface area contributed by atoms with Crippen molar-refractivity contribution in [2.45, 2.75) is 44.3 Å². The molecule has 2 amide bonds. The molecule has 0 atom stereocenters. The average Bonchev–Trinajstić information content (AvgIpc) is 3.17. The van der Waals surface area contributed by atoms with E-state index in [1.54, 1.807) is 6.07 Å². The van der Waals surface area contributed by atoms with Gasteiger partial charge in [0.05, 0.1) is 5.92 Å². The largest absolute Gasteiger partial charge is 0.384 e. The first-order valence-corrected chi connectivity index (χ1v) is 12.5. The van der Waals surface area contributed by atoms with Crippen molar-refractivity contribution in [3.63, 3.8) is 0 Å². The number of nitrogens with two attached hydrogens (primary N) is 2. The molecular formula is C27H33N7O2. The number of carbonyl (C=O) groups is 2. The molecule has 2 aliphatic rings. The van der Waals surface area contributed by atoms with Gasteiger partial charge in [-0.25, -0.2) is 0 Å². The van der Waals surface area contributed by atoms with Crippen LogP contribution in [0.15, 0.2) is 48.5 Å². The van der Waals surface area contributed by atoms with Gasteiger partial charge in [-0.05, 0) is 55.5 Å². The van der Waals surface area contributed by atoms with Crippen LogP contribution in [0.5, 0.6) is 0 Å². The highest BCUT2D eigenvalue weighted by atomic mass is 16.2. The van der Waals surface area contributed by atoms with Gasteiger partial charge in [0.1, 0.15) is 11.5 Å². The van der Waals surface area contributed by atoms with E-state index >= 15 is 0 Å². The number of anilines is 1. The molecule has 5 rings (SSSR count). The summed E-state index contributed by atoms with van der Waals surface area (Å²) >= 11 is 0. The predicted molar refractivity (Wildman–Crippen MR) is 141 cm³/mol.